The highest BCUT2D eigenvalue weighted by Gasteiger charge is 2.17. The van der Waals surface area contributed by atoms with Gasteiger partial charge in [-0.2, -0.15) is 11.8 Å². The number of thioether (sulfide) groups is 1. The molecule has 0 aromatic rings. The average Bonchev–Trinajstić information content (AvgIpc) is 2.52. The Hall–Kier alpha value is 0.310. The number of nitrogens with one attached hydrogen (secondary N) is 1. The molecular weight excluding hydrogens is 202 g/mol. The Bertz CT molecular complexity index is 141. The molecule has 1 saturated carbocycles. The van der Waals surface area contributed by atoms with E-state index >= 15 is 0 Å². The number of hydrogen-bond donors (Lipinski definition) is 1. The van der Waals surface area contributed by atoms with Gasteiger partial charge in [-0.15, -0.1) is 0 Å². The zero-order chi connectivity index (χ0) is 10.9. The van der Waals surface area contributed by atoms with Crippen LogP contribution in [0.1, 0.15) is 51.9 Å². The molecule has 0 aromatic carbocycles. The molecule has 0 radical (unpaired) electrons. The van der Waals surface area contributed by atoms with Crippen molar-refractivity contribution in [2.24, 2.45) is 5.92 Å². The van der Waals surface area contributed by atoms with E-state index in [2.05, 4.69) is 18.5 Å². The Morgan fingerprint density at radius 2 is 1.87 bits per heavy atom. The zero-order valence-corrected chi connectivity index (χ0v) is 11.2. The molecule has 1 nitrogen and oxygen atoms in total. The van der Waals surface area contributed by atoms with E-state index in [0.717, 1.165) is 12.0 Å². The molecule has 0 saturated heterocycles. The van der Waals surface area contributed by atoms with E-state index in [9.17, 15) is 0 Å². The van der Waals surface area contributed by atoms with Crippen molar-refractivity contribution >= 4 is 11.8 Å². The fraction of sp³-hybridized carbons (Fsp3) is 1.00. The van der Waals surface area contributed by atoms with E-state index in [1.807, 2.05) is 11.8 Å². The predicted octanol–water partition coefficient (Wildman–Crippen LogP) is 3.69. The lowest BCUT2D eigenvalue weighted by molar-refractivity contribution is 0.339. The van der Waals surface area contributed by atoms with Gasteiger partial charge in [0.15, 0.2) is 0 Å². The molecule has 2 heteroatoms. The van der Waals surface area contributed by atoms with Crippen molar-refractivity contribution in [3.8, 4) is 0 Å². The molecule has 0 heterocycles. The third-order valence-electron chi connectivity index (χ3n) is 3.60. The van der Waals surface area contributed by atoms with Gasteiger partial charge >= 0.3 is 0 Å². The molecule has 1 N–H and O–H groups in total. The summed E-state index contributed by atoms with van der Waals surface area (Å²) in [6.07, 6.45) is 12.3. The van der Waals surface area contributed by atoms with Crippen molar-refractivity contribution in [1.82, 2.24) is 5.32 Å². The van der Waals surface area contributed by atoms with Crippen LogP contribution in [-0.4, -0.2) is 24.6 Å². The summed E-state index contributed by atoms with van der Waals surface area (Å²) in [6.45, 7) is 3.59. The third-order valence-corrected chi connectivity index (χ3v) is 4.30. The lowest BCUT2D eigenvalue weighted by Crippen LogP contribution is -2.34. The molecule has 1 rings (SSSR count). The van der Waals surface area contributed by atoms with E-state index in [0.29, 0.717) is 0 Å². The van der Waals surface area contributed by atoms with Crippen LogP contribution in [0.2, 0.25) is 0 Å². The first kappa shape index (κ1) is 13.4. The van der Waals surface area contributed by atoms with Gasteiger partial charge in [0, 0.05) is 6.04 Å². The van der Waals surface area contributed by atoms with Crippen LogP contribution in [0.5, 0.6) is 0 Å². The summed E-state index contributed by atoms with van der Waals surface area (Å²) >= 11 is 1.95. The van der Waals surface area contributed by atoms with Crippen LogP contribution in [-0.2, 0) is 0 Å². The molecule has 0 aromatic heterocycles. The van der Waals surface area contributed by atoms with E-state index in [-0.39, 0.29) is 0 Å². The van der Waals surface area contributed by atoms with Gasteiger partial charge in [-0.25, -0.2) is 0 Å². The Labute approximate surface area is 99.8 Å². The SMILES string of the molecule is CSCCCN[C@@H](C)C1CCCCCC1. The molecule has 0 aliphatic heterocycles. The Morgan fingerprint density at radius 1 is 1.20 bits per heavy atom. The zero-order valence-electron chi connectivity index (χ0n) is 10.4. The van der Waals surface area contributed by atoms with Gasteiger partial charge in [0.1, 0.15) is 0 Å². The minimum absolute atomic E-state index is 0.741. The molecule has 15 heavy (non-hydrogen) atoms. The first-order chi connectivity index (χ1) is 7.34. The summed E-state index contributed by atoms with van der Waals surface area (Å²) in [5.41, 5.74) is 0. The van der Waals surface area contributed by atoms with Crippen molar-refractivity contribution in [3.05, 3.63) is 0 Å². The van der Waals surface area contributed by atoms with Gasteiger partial charge in [-0.3, -0.25) is 0 Å². The molecular formula is C13H27NS. The minimum Gasteiger partial charge on any atom is -0.314 e. The summed E-state index contributed by atoms with van der Waals surface area (Å²) < 4.78 is 0. The highest BCUT2D eigenvalue weighted by molar-refractivity contribution is 7.98. The molecule has 0 unspecified atom stereocenters. The molecule has 1 aliphatic rings. The minimum atomic E-state index is 0.741. The number of hydrogen-bond acceptors (Lipinski definition) is 2. The van der Waals surface area contributed by atoms with Gasteiger partial charge in [-0.05, 0) is 50.7 Å². The van der Waals surface area contributed by atoms with Crippen molar-refractivity contribution < 1.29 is 0 Å². The summed E-state index contributed by atoms with van der Waals surface area (Å²) in [4.78, 5) is 0. The monoisotopic (exact) mass is 229 g/mol. The average molecular weight is 229 g/mol. The second-order valence-electron chi connectivity index (χ2n) is 4.84. The lowest BCUT2D eigenvalue weighted by atomic mass is 9.93. The third kappa shape index (κ3) is 5.82. The van der Waals surface area contributed by atoms with Crippen LogP contribution in [0.4, 0.5) is 0 Å². The van der Waals surface area contributed by atoms with Gasteiger partial charge in [0.05, 0.1) is 0 Å². The van der Waals surface area contributed by atoms with Crippen LogP contribution in [0.15, 0.2) is 0 Å². The Balaban J connectivity index is 2.11. The maximum Gasteiger partial charge on any atom is 0.00670 e. The van der Waals surface area contributed by atoms with Gasteiger partial charge < -0.3 is 5.32 Å². The summed E-state index contributed by atoms with van der Waals surface area (Å²) in [6, 6.07) is 0.741. The summed E-state index contributed by atoms with van der Waals surface area (Å²) in [5, 5.41) is 3.70. The van der Waals surface area contributed by atoms with E-state index < -0.39 is 0 Å². The first-order valence-electron chi connectivity index (χ1n) is 6.57. The molecule has 0 spiro atoms. The quantitative estimate of drug-likeness (QED) is 0.551. The van der Waals surface area contributed by atoms with Crippen LogP contribution in [0.25, 0.3) is 0 Å². The van der Waals surface area contributed by atoms with Gasteiger partial charge in [-0.1, -0.05) is 25.7 Å². The number of rotatable bonds is 6. The smallest absolute Gasteiger partial charge is 0.00670 e. The van der Waals surface area contributed by atoms with Crippen molar-refractivity contribution in [2.45, 2.75) is 57.9 Å². The summed E-state index contributed by atoms with van der Waals surface area (Å²) in [5.74, 6) is 2.24. The maximum absolute atomic E-state index is 3.70. The van der Waals surface area contributed by atoms with Crippen LogP contribution < -0.4 is 5.32 Å². The van der Waals surface area contributed by atoms with Gasteiger partial charge in [0.2, 0.25) is 0 Å². The largest absolute Gasteiger partial charge is 0.314 e. The molecule has 90 valence electrons. The second kappa shape index (κ2) is 8.46. The van der Waals surface area contributed by atoms with Gasteiger partial charge in [0.25, 0.3) is 0 Å². The van der Waals surface area contributed by atoms with E-state index in [1.165, 1.54) is 57.2 Å². The Kier molecular flexibility index (Phi) is 7.54. The topological polar surface area (TPSA) is 12.0 Å². The molecule has 0 amide bonds. The Morgan fingerprint density at radius 3 is 2.47 bits per heavy atom. The fourth-order valence-electron chi connectivity index (χ4n) is 2.52. The first-order valence-corrected chi connectivity index (χ1v) is 7.96. The normalized spacial score (nSPS) is 21.2. The van der Waals surface area contributed by atoms with Crippen molar-refractivity contribution in [2.75, 3.05) is 18.6 Å². The molecule has 0 bridgehead atoms. The lowest BCUT2D eigenvalue weighted by Gasteiger charge is -2.23. The van der Waals surface area contributed by atoms with Crippen LogP contribution >= 0.6 is 11.8 Å². The second-order valence-corrected chi connectivity index (χ2v) is 5.83. The van der Waals surface area contributed by atoms with Crippen LogP contribution in [0, 0.1) is 5.92 Å². The van der Waals surface area contributed by atoms with E-state index in [1.54, 1.807) is 0 Å². The van der Waals surface area contributed by atoms with Crippen molar-refractivity contribution in [1.29, 1.82) is 0 Å². The highest BCUT2D eigenvalue weighted by atomic mass is 32.2. The standard InChI is InChI=1S/C13H27NS/c1-12(14-10-7-11-15-2)13-8-5-3-4-6-9-13/h12-14H,3-11H2,1-2H3/t12-/m0/s1. The predicted molar refractivity (Wildman–Crippen MR) is 71.7 cm³/mol. The fourth-order valence-corrected chi connectivity index (χ4v) is 2.96. The molecule has 1 fully saturated rings. The summed E-state index contributed by atoms with van der Waals surface area (Å²) in [7, 11) is 0. The molecule has 1 atom stereocenters. The van der Waals surface area contributed by atoms with E-state index in [4.69, 9.17) is 0 Å². The maximum atomic E-state index is 3.70. The highest BCUT2D eigenvalue weighted by Crippen LogP contribution is 2.25. The molecule has 1 aliphatic carbocycles. The van der Waals surface area contributed by atoms with Crippen molar-refractivity contribution in [3.63, 3.8) is 0 Å². The van der Waals surface area contributed by atoms with Crippen LogP contribution in [0.3, 0.4) is 0 Å².